The minimum Gasteiger partial charge on any atom is -0.390 e. The lowest BCUT2D eigenvalue weighted by Crippen LogP contribution is -2.37. The molecule has 4 heteroatoms. The van der Waals surface area contributed by atoms with Gasteiger partial charge in [0, 0.05) is 13.0 Å². The number of nitrogens with two attached hydrogens (primary N) is 1. The molecule has 1 fully saturated rings. The highest BCUT2D eigenvalue weighted by molar-refractivity contribution is 4.87. The molecule has 12 heavy (non-hydrogen) atoms. The molecule has 72 valence electrons. The molecule has 1 aliphatic rings. The van der Waals surface area contributed by atoms with E-state index in [4.69, 9.17) is 15.2 Å². The fourth-order valence-corrected chi connectivity index (χ4v) is 1.45. The first-order valence-electron chi connectivity index (χ1n) is 4.23. The molecule has 0 aliphatic carbocycles. The Balaban J connectivity index is 2.48. The summed E-state index contributed by atoms with van der Waals surface area (Å²) in [6.07, 6.45) is -0.773. The van der Waals surface area contributed by atoms with Gasteiger partial charge in [-0.05, 0) is 13.5 Å². The Kier molecular flexibility index (Phi) is 3.46. The number of hydrogen-bond donors (Lipinski definition) is 2. The van der Waals surface area contributed by atoms with Gasteiger partial charge in [-0.3, -0.25) is 0 Å². The summed E-state index contributed by atoms with van der Waals surface area (Å²) >= 11 is 0. The molecule has 4 nitrogen and oxygen atoms in total. The predicted octanol–water partition coefficient (Wildman–Crippen LogP) is -0.644. The van der Waals surface area contributed by atoms with E-state index in [2.05, 4.69) is 0 Å². The highest BCUT2D eigenvalue weighted by atomic mass is 16.5. The van der Waals surface area contributed by atoms with Crippen molar-refractivity contribution in [2.45, 2.75) is 25.2 Å². The van der Waals surface area contributed by atoms with Crippen LogP contribution < -0.4 is 5.73 Å². The minimum absolute atomic E-state index is 0.0626. The molecule has 3 N–H and O–H groups in total. The predicted molar refractivity (Wildman–Crippen MR) is 44.8 cm³/mol. The van der Waals surface area contributed by atoms with Crippen molar-refractivity contribution in [2.24, 2.45) is 11.7 Å². The Morgan fingerprint density at radius 2 is 2.42 bits per heavy atom. The van der Waals surface area contributed by atoms with E-state index in [1.165, 1.54) is 0 Å². The first-order chi connectivity index (χ1) is 5.70. The molecule has 1 saturated heterocycles. The van der Waals surface area contributed by atoms with E-state index in [-0.39, 0.29) is 18.1 Å². The van der Waals surface area contributed by atoms with Gasteiger partial charge in [0.05, 0.1) is 18.8 Å². The summed E-state index contributed by atoms with van der Waals surface area (Å²) in [5.41, 5.74) is 5.45. The Morgan fingerprint density at radius 3 is 2.83 bits per heavy atom. The van der Waals surface area contributed by atoms with Gasteiger partial charge in [0.15, 0.2) is 0 Å². The summed E-state index contributed by atoms with van der Waals surface area (Å²) in [4.78, 5) is 0. The first-order valence-corrected chi connectivity index (χ1v) is 4.23. The van der Waals surface area contributed by atoms with E-state index in [1.54, 1.807) is 7.11 Å². The molecule has 0 amide bonds. The fraction of sp³-hybridized carbons (Fsp3) is 1.00. The van der Waals surface area contributed by atoms with Gasteiger partial charge in [0.1, 0.15) is 6.10 Å². The second kappa shape index (κ2) is 4.18. The highest BCUT2D eigenvalue weighted by Crippen LogP contribution is 2.22. The Morgan fingerprint density at radius 1 is 1.75 bits per heavy atom. The lowest BCUT2D eigenvalue weighted by molar-refractivity contribution is -0.0565. The Hall–Kier alpha value is -0.160. The van der Waals surface area contributed by atoms with E-state index in [0.717, 1.165) is 0 Å². The van der Waals surface area contributed by atoms with Crippen molar-refractivity contribution in [3.63, 3.8) is 0 Å². The summed E-state index contributed by atoms with van der Waals surface area (Å²) in [5.74, 6) is 0.0626. The van der Waals surface area contributed by atoms with E-state index in [1.807, 2.05) is 6.92 Å². The average molecular weight is 175 g/mol. The van der Waals surface area contributed by atoms with Gasteiger partial charge in [-0.2, -0.15) is 0 Å². The Labute approximate surface area is 72.6 Å². The number of hydrogen-bond acceptors (Lipinski definition) is 4. The third-order valence-corrected chi connectivity index (χ3v) is 2.46. The monoisotopic (exact) mass is 175 g/mol. The topological polar surface area (TPSA) is 64.7 Å². The maximum Gasteiger partial charge on any atom is 0.110 e. The van der Waals surface area contributed by atoms with Crippen LogP contribution in [0.15, 0.2) is 0 Å². The number of aliphatic hydroxyl groups is 1. The zero-order chi connectivity index (χ0) is 9.14. The van der Waals surface area contributed by atoms with Crippen LogP contribution >= 0.6 is 0 Å². The fourth-order valence-electron chi connectivity index (χ4n) is 1.45. The van der Waals surface area contributed by atoms with E-state index < -0.39 is 6.10 Å². The van der Waals surface area contributed by atoms with Crippen LogP contribution in [0, 0.1) is 5.92 Å². The van der Waals surface area contributed by atoms with Crippen molar-refractivity contribution in [1.29, 1.82) is 0 Å². The van der Waals surface area contributed by atoms with Gasteiger partial charge in [-0.1, -0.05) is 0 Å². The second-order valence-electron chi connectivity index (χ2n) is 3.23. The van der Waals surface area contributed by atoms with Crippen molar-refractivity contribution in [3.8, 4) is 0 Å². The maximum atomic E-state index is 9.67. The first kappa shape index (κ1) is 9.92. The lowest BCUT2D eigenvalue weighted by atomic mass is 10.00. The quantitative estimate of drug-likeness (QED) is 0.598. The molecule has 1 rings (SSSR count). The van der Waals surface area contributed by atoms with Gasteiger partial charge in [0.25, 0.3) is 0 Å². The van der Waals surface area contributed by atoms with Gasteiger partial charge in [0.2, 0.25) is 0 Å². The van der Waals surface area contributed by atoms with Crippen LogP contribution in [0.2, 0.25) is 0 Å². The van der Waals surface area contributed by atoms with Gasteiger partial charge in [-0.25, -0.2) is 0 Å². The molecule has 4 atom stereocenters. The van der Waals surface area contributed by atoms with Gasteiger partial charge < -0.3 is 20.3 Å². The molecular weight excluding hydrogens is 158 g/mol. The van der Waals surface area contributed by atoms with E-state index >= 15 is 0 Å². The van der Waals surface area contributed by atoms with Gasteiger partial charge >= 0.3 is 0 Å². The molecule has 0 radical (unpaired) electrons. The molecule has 0 aromatic heterocycles. The third kappa shape index (κ3) is 1.77. The summed E-state index contributed by atoms with van der Waals surface area (Å²) < 4.78 is 10.4. The molecule has 1 heterocycles. The lowest BCUT2D eigenvalue weighted by Gasteiger charge is -2.21. The Bertz CT molecular complexity index is 142. The summed E-state index contributed by atoms with van der Waals surface area (Å²) in [5, 5.41) is 9.67. The molecule has 0 aromatic carbocycles. The van der Waals surface area contributed by atoms with Crippen molar-refractivity contribution in [1.82, 2.24) is 0 Å². The number of methoxy groups -OCH3 is 1. The van der Waals surface area contributed by atoms with E-state index in [9.17, 15) is 5.11 Å². The van der Waals surface area contributed by atoms with Crippen LogP contribution in [-0.4, -0.2) is 43.7 Å². The standard InChI is InChI=1S/C8H17NO3/c1-5(11-2)8-7(10)6(3-9)4-12-8/h5-8,10H,3-4,9H2,1-2H3/t5?,6-,7?,8?/m1/s1. The molecule has 0 bridgehead atoms. The summed E-state index contributed by atoms with van der Waals surface area (Å²) in [6.45, 7) is 2.89. The molecule has 0 saturated carbocycles. The zero-order valence-electron chi connectivity index (χ0n) is 7.56. The summed E-state index contributed by atoms with van der Waals surface area (Å²) in [6, 6.07) is 0. The van der Waals surface area contributed by atoms with Crippen LogP contribution in [0.1, 0.15) is 6.92 Å². The van der Waals surface area contributed by atoms with Crippen LogP contribution in [-0.2, 0) is 9.47 Å². The van der Waals surface area contributed by atoms with Crippen molar-refractivity contribution in [3.05, 3.63) is 0 Å². The molecule has 3 unspecified atom stereocenters. The molecule has 0 spiro atoms. The largest absolute Gasteiger partial charge is 0.390 e. The van der Waals surface area contributed by atoms with E-state index in [0.29, 0.717) is 13.2 Å². The number of rotatable bonds is 3. The maximum absolute atomic E-state index is 9.67. The van der Waals surface area contributed by atoms with Crippen molar-refractivity contribution < 1.29 is 14.6 Å². The number of aliphatic hydroxyl groups excluding tert-OH is 1. The molecular formula is C8H17NO3. The second-order valence-corrected chi connectivity index (χ2v) is 3.23. The van der Waals surface area contributed by atoms with Crippen LogP contribution in [0.3, 0.4) is 0 Å². The van der Waals surface area contributed by atoms with Crippen molar-refractivity contribution in [2.75, 3.05) is 20.3 Å². The van der Waals surface area contributed by atoms with Crippen molar-refractivity contribution >= 4 is 0 Å². The highest BCUT2D eigenvalue weighted by Gasteiger charge is 2.38. The third-order valence-electron chi connectivity index (χ3n) is 2.46. The molecule has 0 aromatic rings. The smallest absolute Gasteiger partial charge is 0.110 e. The average Bonchev–Trinajstić information content (AvgIpc) is 2.45. The van der Waals surface area contributed by atoms with Crippen LogP contribution in [0.25, 0.3) is 0 Å². The molecule has 1 aliphatic heterocycles. The normalized spacial score (nSPS) is 38.5. The SMILES string of the molecule is COC(C)C1OC[C@@H](CN)C1O. The summed E-state index contributed by atoms with van der Waals surface area (Å²) in [7, 11) is 1.61. The van der Waals surface area contributed by atoms with Crippen LogP contribution in [0.5, 0.6) is 0 Å². The van der Waals surface area contributed by atoms with Gasteiger partial charge in [-0.15, -0.1) is 0 Å². The zero-order valence-corrected chi connectivity index (χ0v) is 7.56. The minimum atomic E-state index is -0.482. The number of ether oxygens (including phenoxy) is 2. The van der Waals surface area contributed by atoms with Crippen LogP contribution in [0.4, 0.5) is 0 Å².